The molecule has 5 nitrogen and oxygen atoms in total. The Balaban J connectivity index is 2.66. The third kappa shape index (κ3) is 4.20. The van der Waals surface area contributed by atoms with E-state index in [1.807, 2.05) is 0 Å². The van der Waals surface area contributed by atoms with Crippen molar-refractivity contribution in [1.82, 2.24) is 0 Å². The van der Waals surface area contributed by atoms with Crippen LogP contribution in [-0.2, 0) is 23.8 Å². The van der Waals surface area contributed by atoms with Crippen molar-refractivity contribution >= 4 is 11.9 Å². The normalized spacial score (nSPS) is 19.2. The van der Waals surface area contributed by atoms with Crippen molar-refractivity contribution < 1.29 is 23.8 Å². The summed E-state index contributed by atoms with van der Waals surface area (Å²) in [6.07, 6.45) is 3.24. The standard InChI is InChI=1S/C14H24O5/c1-4-17-12(15)14(3,13(16)18-5-2)9-8-11-7-6-10-19-11/h11H,4-10H2,1-3H3. The Labute approximate surface area is 114 Å². The van der Waals surface area contributed by atoms with Gasteiger partial charge in [-0.1, -0.05) is 0 Å². The Kier molecular flexibility index (Phi) is 6.28. The summed E-state index contributed by atoms with van der Waals surface area (Å²) in [5.41, 5.74) is -1.22. The zero-order valence-corrected chi connectivity index (χ0v) is 12.1. The lowest BCUT2D eigenvalue weighted by molar-refractivity contribution is -0.171. The van der Waals surface area contributed by atoms with E-state index in [-0.39, 0.29) is 19.3 Å². The predicted molar refractivity (Wildman–Crippen MR) is 69.6 cm³/mol. The maximum Gasteiger partial charge on any atom is 0.323 e. The summed E-state index contributed by atoms with van der Waals surface area (Å²) in [5, 5.41) is 0. The molecule has 1 aliphatic heterocycles. The summed E-state index contributed by atoms with van der Waals surface area (Å²) >= 11 is 0. The van der Waals surface area contributed by atoms with Crippen LogP contribution in [0.15, 0.2) is 0 Å². The Morgan fingerprint density at radius 2 is 1.79 bits per heavy atom. The molecule has 0 spiro atoms. The molecule has 1 atom stereocenters. The molecule has 0 saturated carbocycles. The minimum absolute atomic E-state index is 0.142. The van der Waals surface area contributed by atoms with Gasteiger partial charge in [-0.3, -0.25) is 9.59 Å². The summed E-state index contributed by atoms with van der Waals surface area (Å²) in [6, 6.07) is 0. The van der Waals surface area contributed by atoms with Gasteiger partial charge in [-0.25, -0.2) is 0 Å². The van der Waals surface area contributed by atoms with E-state index in [9.17, 15) is 9.59 Å². The average molecular weight is 272 g/mol. The van der Waals surface area contributed by atoms with Crippen LogP contribution in [0.5, 0.6) is 0 Å². The molecule has 1 unspecified atom stereocenters. The second kappa shape index (κ2) is 7.48. The van der Waals surface area contributed by atoms with Gasteiger partial charge in [-0.15, -0.1) is 0 Å². The van der Waals surface area contributed by atoms with Crippen LogP contribution in [0.2, 0.25) is 0 Å². The van der Waals surface area contributed by atoms with E-state index in [4.69, 9.17) is 14.2 Å². The van der Waals surface area contributed by atoms with Crippen LogP contribution in [0.4, 0.5) is 0 Å². The maximum atomic E-state index is 12.0. The van der Waals surface area contributed by atoms with Gasteiger partial charge in [-0.2, -0.15) is 0 Å². The number of carbonyl (C=O) groups excluding carboxylic acids is 2. The molecule has 0 aliphatic carbocycles. The first-order valence-electron chi connectivity index (χ1n) is 7.00. The summed E-state index contributed by atoms with van der Waals surface area (Å²) in [5.74, 6) is -1.02. The molecule has 0 N–H and O–H groups in total. The van der Waals surface area contributed by atoms with Crippen molar-refractivity contribution in [3.05, 3.63) is 0 Å². The van der Waals surface area contributed by atoms with E-state index in [2.05, 4.69) is 0 Å². The molecule has 1 heterocycles. The second-order valence-electron chi connectivity index (χ2n) is 4.95. The highest BCUT2D eigenvalue weighted by Crippen LogP contribution is 2.30. The van der Waals surface area contributed by atoms with Gasteiger partial charge in [0.15, 0.2) is 5.41 Å². The van der Waals surface area contributed by atoms with Crippen LogP contribution in [0.3, 0.4) is 0 Å². The molecule has 0 radical (unpaired) electrons. The zero-order chi connectivity index (χ0) is 14.3. The molecule has 0 bridgehead atoms. The van der Waals surface area contributed by atoms with Crippen LogP contribution in [0, 0.1) is 5.41 Å². The molecule has 0 aromatic carbocycles. The Morgan fingerprint density at radius 3 is 2.21 bits per heavy atom. The molecule has 5 heteroatoms. The first-order chi connectivity index (χ1) is 9.04. The van der Waals surface area contributed by atoms with E-state index < -0.39 is 17.4 Å². The quantitative estimate of drug-likeness (QED) is 0.524. The lowest BCUT2D eigenvalue weighted by atomic mass is 9.84. The van der Waals surface area contributed by atoms with Crippen molar-refractivity contribution in [3.63, 3.8) is 0 Å². The summed E-state index contributed by atoms with van der Waals surface area (Å²) < 4.78 is 15.5. The first-order valence-corrected chi connectivity index (χ1v) is 7.00. The molecular formula is C14H24O5. The Bertz CT molecular complexity index is 289. The van der Waals surface area contributed by atoms with E-state index in [0.29, 0.717) is 12.8 Å². The summed E-state index contributed by atoms with van der Waals surface area (Å²) in [4.78, 5) is 24.0. The van der Waals surface area contributed by atoms with Gasteiger partial charge in [0.05, 0.1) is 19.3 Å². The lowest BCUT2D eigenvalue weighted by Gasteiger charge is -2.25. The van der Waals surface area contributed by atoms with Gasteiger partial charge in [0.2, 0.25) is 0 Å². The highest BCUT2D eigenvalue weighted by atomic mass is 16.6. The third-order valence-corrected chi connectivity index (χ3v) is 3.44. The number of ether oxygens (including phenoxy) is 3. The van der Waals surface area contributed by atoms with Gasteiger partial charge >= 0.3 is 11.9 Å². The molecule has 1 aliphatic rings. The minimum atomic E-state index is -1.22. The molecule has 0 aromatic rings. The number of hydrogen-bond donors (Lipinski definition) is 0. The molecule has 1 rings (SSSR count). The van der Waals surface area contributed by atoms with Crippen molar-refractivity contribution in [3.8, 4) is 0 Å². The Morgan fingerprint density at radius 1 is 1.21 bits per heavy atom. The van der Waals surface area contributed by atoms with Crippen molar-refractivity contribution in [1.29, 1.82) is 0 Å². The topological polar surface area (TPSA) is 61.8 Å². The molecule has 1 fully saturated rings. The van der Waals surface area contributed by atoms with Gasteiger partial charge in [0.1, 0.15) is 0 Å². The van der Waals surface area contributed by atoms with Crippen molar-refractivity contribution in [2.75, 3.05) is 19.8 Å². The Hall–Kier alpha value is -1.10. The molecular weight excluding hydrogens is 248 g/mol. The SMILES string of the molecule is CCOC(=O)C(C)(CCC1CCCO1)C(=O)OCC. The average Bonchev–Trinajstić information content (AvgIpc) is 2.89. The third-order valence-electron chi connectivity index (χ3n) is 3.44. The van der Waals surface area contributed by atoms with Gasteiger partial charge in [0.25, 0.3) is 0 Å². The van der Waals surface area contributed by atoms with E-state index in [1.54, 1.807) is 20.8 Å². The molecule has 0 aromatic heterocycles. The summed E-state index contributed by atoms with van der Waals surface area (Å²) in [7, 11) is 0. The monoisotopic (exact) mass is 272 g/mol. The zero-order valence-electron chi connectivity index (χ0n) is 12.1. The van der Waals surface area contributed by atoms with Gasteiger partial charge < -0.3 is 14.2 Å². The lowest BCUT2D eigenvalue weighted by Crippen LogP contribution is -2.40. The fourth-order valence-electron chi connectivity index (χ4n) is 2.19. The van der Waals surface area contributed by atoms with Crippen LogP contribution in [0.1, 0.15) is 46.5 Å². The van der Waals surface area contributed by atoms with Crippen LogP contribution >= 0.6 is 0 Å². The molecule has 0 amide bonds. The van der Waals surface area contributed by atoms with Gasteiger partial charge in [-0.05, 0) is 46.5 Å². The second-order valence-corrected chi connectivity index (χ2v) is 4.95. The minimum Gasteiger partial charge on any atom is -0.465 e. The smallest absolute Gasteiger partial charge is 0.323 e. The van der Waals surface area contributed by atoms with Gasteiger partial charge in [0, 0.05) is 6.61 Å². The van der Waals surface area contributed by atoms with E-state index in [1.165, 1.54) is 0 Å². The number of hydrogen-bond acceptors (Lipinski definition) is 5. The number of carbonyl (C=O) groups is 2. The predicted octanol–water partition coefficient (Wildman–Crippen LogP) is 2.08. The largest absolute Gasteiger partial charge is 0.465 e. The van der Waals surface area contributed by atoms with Crippen LogP contribution < -0.4 is 0 Å². The molecule has 19 heavy (non-hydrogen) atoms. The number of esters is 2. The fraction of sp³-hybridized carbons (Fsp3) is 0.857. The van der Waals surface area contributed by atoms with E-state index in [0.717, 1.165) is 19.4 Å². The van der Waals surface area contributed by atoms with Crippen molar-refractivity contribution in [2.24, 2.45) is 5.41 Å². The van der Waals surface area contributed by atoms with Crippen molar-refractivity contribution in [2.45, 2.75) is 52.6 Å². The van der Waals surface area contributed by atoms with Crippen LogP contribution in [0.25, 0.3) is 0 Å². The molecule has 1 saturated heterocycles. The fourth-order valence-corrected chi connectivity index (χ4v) is 2.19. The summed E-state index contributed by atoms with van der Waals surface area (Å²) in [6.45, 7) is 6.33. The van der Waals surface area contributed by atoms with Crippen LogP contribution in [-0.4, -0.2) is 37.9 Å². The highest BCUT2D eigenvalue weighted by molar-refractivity contribution is 5.99. The first kappa shape index (κ1) is 16.0. The molecule has 110 valence electrons. The van der Waals surface area contributed by atoms with E-state index >= 15 is 0 Å². The maximum absolute atomic E-state index is 12.0. The number of rotatable bonds is 7. The highest BCUT2D eigenvalue weighted by Gasteiger charge is 2.44.